The summed E-state index contributed by atoms with van der Waals surface area (Å²) in [4.78, 5) is 50.6. The van der Waals surface area contributed by atoms with Crippen molar-refractivity contribution in [3.63, 3.8) is 0 Å². The number of urea groups is 1. The molecule has 3 amide bonds. The van der Waals surface area contributed by atoms with E-state index in [1.54, 1.807) is 29.8 Å². The Morgan fingerprint density at radius 1 is 1.31 bits per heavy atom. The lowest BCUT2D eigenvalue weighted by atomic mass is 10.0. The van der Waals surface area contributed by atoms with Crippen LogP contribution in [-0.2, 0) is 27.2 Å². The van der Waals surface area contributed by atoms with Gasteiger partial charge >= 0.3 is 6.03 Å². The molecule has 2 aromatic heterocycles. The van der Waals surface area contributed by atoms with E-state index in [0.29, 0.717) is 68.3 Å². The molecule has 12 heteroatoms. The van der Waals surface area contributed by atoms with Crippen molar-refractivity contribution in [2.45, 2.75) is 54.9 Å². The Balaban J connectivity index is 1.33. The predicted molar refractivity (Wildman–Crippen MR) is 144 cm³/mol. The van der Waals surface area contributed by atoms with Crippen molar-refractivity contribution in [3.8, 4) is 6.07 Å². The van der Waals surface area contributed by atoms with Gasteiger partial charge in [0.1, 0.15) is 29.5 Å². The summed E-state index contributed by atoms with van der Waals surface area (Å²) < 4.78 is 10.9. The monoisotopic (exact) mass is 550 g/mol. The van der Waals surface area contributed by atoms with Crippen molar-refractivity contribution < 1.29 is 23.9 Å². The number of nitriles is 1. The van der Waals surface area contributed by atoms with Gasteiger partial charge in [-0.3, -0.25) is 19.8 Å². The standard InChI is InChI=1S/C27H30N6O5S/c1-32(26(35)22-5-3-8-38-22)14-18-10-17-4-2-7-33(25(17)30-21(18)15-34)27(36)31-24-11-23(19(12-28)13-29-24)39-20-6-9-37-16-20/h10-11,13,15,20,22H,2-9,14,16H2,1H3,(H,29,31,36). The van der Waals surface area contributed by atoms with Crippen molar-refractivity contribution in [3.05, 3.63) is 40.7 Å². The number of ether oxygens (including phenoxy) is 2. The molecule has 39 heavy (non-hydrogen) atoms. The molecule has 5 heterocycles. The molecule has 3 aliphatic heterocycles. The van der Waals surface area contributed by atoms with Crippen LogP contribution in [0.5, 0.6) is 0 Å². The van der Waals surface area contributed by atoms with E-state index < -0.39 is 12.1 Å². The van der Waals surface area contributed by atoms with E-state index in [1.165, 1.54) is 11.1 Å². The van der Waals surface area contributed by atoms with Crippen LogP contribution < -0.4 is 10.2 Å². The fourth-order valence-electron chi connectivity index (χ4n) is 4.98. The maximum Gasteiger partial charge on any atom is 0.328 e. The zero-order valence-corrected chi connectivity index (χ0v) is 22.5. The minimum Gasteiger partial charge on any atom is -0.380 e. The number of hydrogen-bond donors (Lipinski definition) is 1. The number of likely N-dealkylation sites (N-methyl/N-ethyl adjacent to an activating group) is 1. The average molecular weight is 551 g/mol. The van der Waals surface area contributed by atoms with Crippen molar-refractivity contribution >= 4 is 41.6 Å². The zero-order chi connectivity index (χ0) is 27.4. The second-order valence-electron chi connectivity index (χ2n) is 9.80. The van der Waals surface area contributed by atoms with Crippen LogP contribution in [0.15, 0.2) is 23.2 Å². The van der Waals surface area contributed by atoms with Crippen LogP contribution in [0.2, 0.25) is 0 Å². The number of aldehydes is 1. The minimum absolute atomic E-state index is 0.115. The fraction of sp³-hybridized carbons (Fsp3) is 0.481. The number of thioether (sulfide) groups is 1. The Hall–Kier alpha value is -3.53. The number of carbonyl (C=O) groups is 3. The predicted octanol–water partition coefficient (Wildman–Crippen LogP) is 3.16. The SMILES string of the molecule is CN(Cc1cc2c(nc1C=O)N(C(=O)Nc1cc(SC3CCOC3)c(C#N)cn1)CCC2)C(=O)C1CCCO1. The third-order valence-electron chi connectivity index (χ3n) is 7.02. The summed E-state index contributed by atoms with van der Waals surface area (Å²) in [6.45, 7) is 2.55. The van der Waals surface area contributed by atoms with Crippen LogP contribution in [0.3, 0.4) is 0 Å². The number of nitrogens with zero attached hydrogens (tertiary/aromatic N) is 5. The number of anilines is 2. The molecule has 2 fully saturated rings. The second-order valence-corrected chi connectivity index (χ2v) is 11.1. The molecule has 0 saturated carbocycles. The topological polar surface area (TPSA) is 138 Å². The summed E-state index contributed by atoms with van der Waals surface area (Å²) in [5.74, 6) is 0.633. The lowest BCUT2D eigenvalue weighted by molar-refractivity contribution is -0.140. The summed E-state index contributed by atoms with van der Waals surface area (Å²) in [7, 11) is 1.69. The normalized spacial score (nSPS) is 20.3. The molecule has 1 N–H and O–H groups in total. The zero-order valence-electron chi connectivity index (χ0n) is 21.7. The molecule has 204 valence electrons. The number of pyridine rings is 2. The van der Waals surface area contributed by atoms with Gasteiger partial charge in [0.2, 0.25) is 0 Å². The van der Waals surface area contributed by atoms with Gasteiger partial charge < -0.3 is 14.4 Å². The molecule has 11 nitrogen and oxygen atoms in total. The molecule has 3 aliphatic rings. The van der Waals surface area contributed by atoms with Gasteiger partial charge in [-0.25, -0.2) is 14.8 Å². The van der Waals surface area contributed by atoms with Gasteiger partial charge in [0, 0.05) is 55.3 Å². The van der Waals surface area contributed by atoms with Crippen LogP contribution in [0.4, 0.5) is 16.4 Å². The van der Waals surface area contributed by atoms with Crippen molar-refractivity contribution in [1.29, 1.82) is 5.26 Å². The van der Waals surface area contributed by atoms with E-state index in [4.69, 9.17) is 9.47 Å². The number of carbonyl (C=O) groups excluding carboxylic acids is 3. The van der Waals surface area contributed by atoms with Crippen molar-refractivity contribution in [2.24, 2.45) is 0 Å². The summed E-state index contributed by atoms with van der Waals surface area (Å²) in [6.07, 6.45) is 5.53. The molecule has 2 saturated heterocycles. The quantitative estimate of drug-likeness (QED) is 0.515. The van der Waals surface area contributed by atoms with E-state index in [-0.39, 0.29) is 23.4 Å². The highest BCUT2D eigenvalue weighted by Gasteiger charge is 2.29. The average Bonchev–Trinajstić information content (AvgIpc) is 3.67. The number of hydrogen-bond acceptors (Lipinski definition) is 9. The number of amides is 3. The van der Waals surface area contributed by atoms with E-state index in [2.05, 4.69) is 21.4 Å². The lowest BCUT2D eigenvalue weighted by Crippen LogP contribution is -2.40. The molecule has 2 aromatic rings. The van der Waals surface area contributed by atoms with E-state index in [0.717, 1.165) is 29.7 Å². The number of nitrogens with one attached hydrogen (secondary N) is 1. The lowest BCUT2D eigenvalue weighted by Gasteiger charge is -2.29. The van der Waals surface area contributed by atoms with Gasteiger partial charge in [0.25, 0.3) is 5.91 Å². The smallest absolute Gasteiger partial charge is 0.328 e. The second kappa shape index (κ2) is 12.1. The first kappa shape index (κ1) is 27.1. The maximum atomic E-state index is 13.3. The number of rotatable bonds is 7. The summed E-state index contributed by atoms with van der Waals surface area (Å²) >= 11 is 1.55. The summed E-state index contributed by atoms with van der Waals surface area (Å²) in [5.41, 5.74) is 2.10. The molecule has 0 spiro atoms. The Kier molecular flexibility index (Phi) is 8.40. The molecule has 0 aromatic carbocycles. The molecular weight excluding hydrogens is 520 g/mol. The summed E-state index contributed by atoms with van der Waals surface area (Å²) in [6, 6.07) is 5.31. The number of fused-ring (bicyclic) bond motifs is 1. The van der Waals surface area contributed by atoms with Gasteiger partial charge in [-0.05, 0) is 49.8 Å². The molecular formula is C27H30N6O5S. The highest BCUT2D eigenvalue weighted by Crippen LogP contribution is 2.33. The van der Waals surface area contributed by atoms with Crippen LogP contribution in [0.25, 0.3) is 0 Å². The van der Waals surface area contributed by atoms with Gasteiger partial charge in [0.05, 0.1) is 12.2 Å². The Morgan fingerprint density at radius 2 is 2.18 bits per heavy atom. The fourth-order valence-corrected chi connectivity index (χ4v) is 6.13. The molecule has 0 radical (unpaired) electrons. The minimum atomic E-state index is -0.444. The van der Waals surface area contributed by atoms with Crippen LogP contribution in [-0.4, -0.2) is 77.9 Å². The Morgan fingerprint density at radius 3 is 2.90 bits per heavy atom. The Bertz CT molecular complexity index is 1300. The van der Waals surface area contributed by atoms with Gasteiger partial charge in [-0.1, -0.05) is 0 Å². The number of aromatic nitrogens is 2. The molecule has 0 bridgehead atoms. The first-order valence-electron chi connectivity index (χ1n) is 13.0. The van der Waals surface area contributed by atoms with Crippen molar-refractivity contribution in [2.75, 3.05) is 43.6 Å². The van der Waals surface area contributed by atoms with Crippen LogP contribution in [0, 0.1) is 11.3 Å². The van der Waals surface area contributed by atoms with Crippen LogP contribution >= 0.6 is 11.8 Å². The Labute approximate surface area is 230 Å². The molecule has 2 atom stereocenters. The van der Waals surface area contributed by atoms with Gasteiger partial charge in [0.15, 0.2) is 6.29 Å². The highest BCUT2D eigenvalue weighted by atomic mass is 32.2. The molecule has 2 unspecified atom stereocenters. The van der Waals surface area contributed by atoms with E-state index >= 15 is 0 Å². The first-order valence-corrected chi connectivity index (χ1v) is 13.9. The van der Waals surface area contributed by atoms with Gasteiger partial charge in [-0.15, -0.1) is 11.8 Å². The van der Waals surface area contributed by atoms with Gasteiger partial charge in [-0.2, -0.15) is 5.26 Å². The van der Waals surface area contributed by atoms with Crippen molar-refractivity contribution in [1.82, 2.24) is 14.9 Å². The summed E-state index contributed by atoms with van der Waals surface area (Å²) in [5, 5.41) is 12.6. The molecule has 5 rings (SSSR count). The largest absolute Gasteiger partial charge is 0.380 e. The third kappa shape index (κ3) is 6.06. The van der Waals surface area contributed by atoms with E-state index in [1.807, 2.05) is 6.07 Å². The highest BCUT2D eigenvalue weighted by molar-refractivity contribution is 8.00. The van der Waals surface area contributed by atoms with Crippen LogP contribution in [0.1, 0.15) is 52.9 Å². The first-order chi connectivity index (χ1) is 19.0. The molecule has 0 aliphatic carbocycles. The van der Waals surface area contributed by atoms with E-state index in [9.17, 15) is 19.6 Å². The third-order valence-corrected chi connectivity index (χ3v) is 8.32. The number of aryl methyl sites for hydroxylation is 1. The maximum absolute atomic E-state index is 13.3.